The number of pyridine rings is 1. The van der Waals surface area contributed by atoms with Gasteiger partial charge in [0, 0.05) is 18.8 Å². The fourth-order valence-corrected chi connectivity index (χ4v) is 1.84. The summed E-state index contributed by atoms with van der Waals surface area (Å²) < 4.78 is 1.97. The number of nitrogens with zero attached hydrogens (tertiary/aromatic N) is 2. The van der Waals surface area contributed by atoms with Crippen LogP contribution in [0.2, 0.25) is 0 Å². The Morgan fingerprint density at radius 1 is 1.50 bits per heavy atom. The van der Waals surface area contributed by atoms with Gasteiger partial charge in [0.1, 0.15) is 5.65 Å². The van der Waals surface area contributed by atoms with E-state index in [1.54, 1.807) is 0 Å². The second kappa shape index (κ2) is 5.67. The van der Waals surface area contributed by atoms with Gasteiger partial charge in [-0.05, 0) is 31.0 Å². The Kier molecular flexibility index (Phi) is 3.97. The molecule has 0 saturated heterocycles. The van der Waals surface area contributed by atoms with Gasteiger partial charge in [-0.25, -0.2) is 4.98 Å². The van der Waals surface area contributed by atoms with Crippen molar-refractivity contribution in [2.24, 2.45) is 0 Å². The van der Waals surface area contributed by atoms with E-state index in [0.717, 1.165) is 24.2 Å². The van der Waals surface area contributed by atoms with Gasteiger partial charge in [-0.2, -0.15) is 0 Å². The molecule has 0 atom stereocenters. The van der Waals surface area contributed by atoms with Crippen molar-refractivity contribution in [1.82, 2.24) is 14.7 Å². The second-order valence-corrected chi connectivity index (χ2v) is 4.58. The van der Waals surface area contributed by atoms with Crippen LogP contribution in [0.5, 0.6) is 0 Å². The van der Waals surface area contributed by atoms with E-state index in [0.29, 0.717) is 13.0 Å². The molecule has 2 rings (SSSR count). The number of imidazole rings is 1. The van der Waals surface area contributed by atoms with E-state index in [1.165, 1.54) is 5.56 Å². The Bertz CT molecular complexity index is 545. The standard InChI is InChI=1S/C14H19N3O/c1-3-4-5-14(18)15-9-12-10-17-7-6-11(2)8-13(17)16-12/h6-8,10H,3-5,9H2,1-2H3,(H,15,18). The van der Waals surface area contributed by atoms with Crippen molar-refractivity contribution in [3.8, 4) is 0 Å². The summed E-state index contributed by atoms with van der Waals surface area (Å²) in [5.74, 6) is 0.102. The highest BCUT2D eigenvalue weighted by atomic mass is 16.1. The first-order valence-electron chi connectivity index (χ1n) is 6.40. The van der Waals surface area contributed by atoms with Crippen molar-refractivity contribution in [2.45, 2.75) is 39.7 Å². The summed E-state index contributed by atoms with van der Waals surface area (Å²) in [5, 5.41) is 2.89. The fourth-order valence-electron chi connectivity index (χ4n) is 1.84. The molecule has 0 aromatic carbocycles. The molecule has 0 fully saturated rings. The maximum atomic E-state index is 11.5. The number of nitrogens with one attached hydrogen (secondary N) is 1. The molecule has 2 aromatic heterocycles. The quantitative estimate of drug-likeness (QED) is 0.879. The van der Waals surface area contributed by atoms with Gasteiger partial charge in [0.15, 0.2) is 0 Å². The first-order chi connectivity index (χ1) is 8.69. The lowest BCUT2D eigenvalue weighted by molar-refractivity contribution is -0.121. The molecule has 2 aromatic rings. The Balaban J connectivity index is 1.97. The van der Waals surface area contributed by atoms with Crippen molar-refractivity contribution in [2.75, 3.05) is 0 Å². The average molecular weight is 245 g/mol. The van der Waals surface area contributed by atoms with Gasteiger partial charge in [0.25, 0.3) is 0 Å². The van der Waals surface area contributed by atoms with E-state index >= 15 is 0 Å². The highest BCUT2D eigenvalue weighted by molar-refractivity contribution is 5.75. The molecule has 4 heteroatoms. The van der Waals surface area contributed by atoms with Crippen molar-refractivity contribution in [3.63, 3.8) is 0 Å². The molecule has 1 N–H and O–H groups in total. The van der Waals surface area contributed by atoms with Crippen LogP contribution < -0.4 is 5.32 Å². The van der Waals surface area contributed by atoms with E-state index < -0.39 is 0 Å². The van der Waals surface area contributed by atoms with Gasteiger partial charge in [-0.15, -0.1) is 0 Å². The van der Waals surface area contributed by atoms with E-state index in [1.807, 2.05) is 35.9 Å². The van der Waals surface area contributed by atoms with Crippen molar-refractivity contribution < 1.29 is 4.79 Å². The van der Waals surface area contributed by atoms with Crippen LogP contribution in [0.1, 0.15) is 37.4 Å². The molecular formula is C14H19N3O. The van der Waals surface area contributed by atoms with Crippen LogP contribution in [-0.2, 0) is 11.3 Å². The Morgan fingerprint density at radius 2 is 2.33 bits per heavy atom. The lowest BCUT2D eigenvalue weighted by Gasteiger charge is -2.01. The lowest BCUT2D eigenvalue weighted by atomic mass is 10.2. The van der Waals surface area contributed by atoms with Gasteiger partial charge < -0.3 is 9.72 Å². The van der Waals surface area contributed by atoms with Crippen LogP contribution in [0.25, 0.3) is 5.65 Å². The summed E-state index contributed by atoms with van der Waals surface area (Å²) in [6, 6.07) is 4.07. The summed E-state index contributed by atoms with van der Waals surface area (Å²) >= 11 is 0. The summed E-state index contributed by atoms with van der Waals surface area (Å²) in [5.41, 5.74) is 3.00. The van der Waals surface area contributed by atoms with Gasteiger partial charge in [0.05, 0.1) is 12.2 Å². The molecule has 0 aliphatic heterocycles. The molecule has 0 radical (unpaired) electrons. The highest BCUT2D eigenvalue weighted by Crippen LogP contribution is 2.07. The first kappa shape index (κ1) is 12.6. The number of hydrogen-bond acceptors (Lipinski definition) is 2. The number of carbonyl (C=O) groups is 1. The summed E-state index contributed by atoms with van der Waals surface area (Å²) in [6.07, 6.45) is 6.52. The third-order valence-corrected chi connectivity index (χ3v) is 2.89. The molecule has 0 aliphatic carbocycles. The number of unbranched alkanes of at least 4 members (excludes halogenated alkanes) is 1. The molecule has 0 bridgehead atoms. The topological polar surface area (TPSA) is 46.4 Å². The normalized spacial score (nSPS) is 10.8. The maximum Gasteiger partial charge on any atom is 0.220 e. The number of aryl methyl sites for hydroxylation is 1. The molecule has 0 spiro atoms. The van der Waals surface area contributed by atoms with E-state index in [-0.39, 0.29) is 5.91 Å². The van der Waals surface area contributed by atoms with Crippen LogP contribution in [0.3, 0.4) is 0 Å². The molecule has 0 saturated carbocycles. The molecule has 0 unspecified atom stereocenters. The summed E-state index contributed by atoms with van der Waals surface area (Å²) in [7, 11) is 0. The van der Waals surface area contributed by atoms with E-state index in [4.69, 9.17) is 0 Å². The minimum atomic E-state index is 0.102. The number of rotatable bonds is 5. The Morgan fingerprint density at radius 3 is 3.11 bits per heavy atom. The number of aromatic nitrogens is 2. The van der Waals surface area contributed by atoms with Crippen molar-refractivity contribution in [3.05, 3.63) is 35.8 Å². The second-order valence-electron chi connectivity index (χ2n) is 4.58. The first-order valence-corrected chi connectivity index (χ1v) is 6.40. The van der Waals surface area contributed by atoms with Crippen LogP contribution in [-0.4, -0.2) is 15.3 Å². The number of amides is 1. The average Bonchev–Trinajstić information content (AvgIpc) is 2.75. The monoisotopic (exact) mass is 245 g/mol. The molecule has 1 amide bonds. The summed E-state index contributed by atoms with van der Waals surface area (Å²) in [6.45, 7) is 4.63. The van der Waals surface area contributed by atoms with E-state index in [2.05, 4.69) is 17.2 Å². The smallest absolute Gasteiger partial charge is 0.220 e. The van der Waals surface area contributed by atoms with Crippen LogP contribution in [0.15, 0.2) is 24.5 Å². The highest BCUT2D eigenvalue weighted by Gasteiger charge is 2.04. The summed E-state index contributed by atoms with van der Waals surface area (Å²) in [4.78, 5) is 16.0. The van der Waals surface area contributed by atoms with E-state index in [9.17, 15) is 4.79 Å². The fraction of sp³-hybridized carbons (Fsp3) is 0.429. The zero-order chi connectivity index (χ0) is 13.0. The number of fused-ring (bicyclic) bond motifs is 1. The van der Waals surface area contributed by atoms with Crippen LogP contribution in [0.4, 0.5) is 0 Å². The molecule has 4 nitrogen and oxygen atoms in total. The molecule has 2 heterocycles. The predicted octanol–water partition coefficient (Wildman–Crippen LogP) is 2.45. The van der Waals surface area contributed by atoms with Crippen LogP contribution in [0, 0.1) is 6.92 Å². The molecule has 18 heavy (non-hydrogen) atoms. The lowest BCUT2D eigenvalue weighted by Crippen LogP contribution is -2.22. The van der Waals surface area contributed by atoms with Gasteiger partial charge in [-0.1, -0.05) is 13.3 Å². The molecule has 96 valence electrons. The van der Waals surface area contributed by atoms with Gasteiger partial charge in [-0.3, -0.25) is 4.79 Å². The Hall–Kier alpha value is -1.84. The number of carbonyl (C=O) groups excluding carboxylic acids is 1. The third kappa shape index (κ3) is 3.09. The maximum absolute atomic E-state index is 11.5. The number of hydrogen-bond donors (Lipinski definition) is 1. The minimum absolute atomic E-state index is 0.102. The largest absolute Gasteiger partial charge is 0.350 e. The zero-order valence-corrected chi connectivity index (χ0v) is 10.9. The molecular weight excluding hydrogens is 226 g/mol. The zero-order valence-electron chi connectivity index (χ0n) is 10.9. The predicted molar refractivity (Wildman–Crippen MR) is 71.3 cm³/mol. The SMILES string of the molecule is CCCCC(=O)NCc1cn2ccc(C)cc2n1. The minimum Gasteiger partial charge on any atom is -0.350 e. The van der Waals surface area contributed by atoms with Gasteiger partial charge in [0.2, 0.25) is 5.91 Å². The van der Waals surface area contributed by atoms with Crippen molar-refractivity contribution >= 4 is 11.6 Å². The van der Waals surface area contributed by atoms with Gasteiger partial charge >= 0.3 is 0 Å². The third-order valence-electron chi connectivity index (χ3n) is 2.89. The van der Waals surface area contributed by atoms with Crippen molar-refractivity contribution in [1.29, 1.82) is 0 Å². The Labute approximate surface area is 107 Å². The molecule has 0 aliphatic rings. The van der Waals surface area contributed by atoms with Crippen LogP contribution >= 0.6 is 0 Å².